The van der Waals surface area contributed by atoms with Crippen LogP contribution in [0, 0.1) is 16.0 Å². The Labute approximate surface area is 95.0 Å². The first-order chi connectivity index (χ1) is 7.25. The molecule has 3 unspecified atom stereocenters. The van der Waals surface area contributed by atoms with Crippen molar-refractivity contribution in [3.05, 3.63) is 10.1 Å². The summed E-state index contributed by atoms with van der Waals surface area (Å²) in [5.74, 6) is -0.782. The maximum absolute atomic E-state index is 11.5. The van der Waals surface area contributed by atoms with Crippen LogP contribution in [0.5, 0.6) is 0 Å². The van der Waals surface area contributed by atoms with E-state index in [0.29, 0.717) is 19.3 Å². The molecule has 1 aliphatic rings. The number of carbonyl (C=O) groups excluding carboxylic acids is 1. The fourth-order valence-electron chi connectivity index (χ4n) is 2.56. The molecule has 1 N–H and O–H groups in total. The molecule has 1 rings (SSSR count). The van der Waals surface area contributed by atoms with E-state index in [1.54, 1.807) is 13.8 Å². The summed E-state index contributed by atoms with van der Waals surface area (Å²) in [6.07, 6.45) is 1.21. The first-order valence-corrected chi connectivity index (χ1v) is 5.62. The van der Waals surface area contributed by atoms with Gasteiger partial charge in [-0.1, -0.05) is 6.92 Å². The molecule has 1 fully saturated rings. The van der Waals surface area contributed by atoms with Gasteiger partial charge in [-0.2, -0.15) is 0 Å². The molecule has 3 atom stereocenters. The maximum atomic E-state index is 11.5. The molecule has 0 radical (unpaired) electrons. The topological polar surface area (TPSA) is 80.4 Å². The number of rotatable bonds is 3. The Kier molecular flexibility index (Phi) is 3.38. The van der Waals surface area contributed by atoms with E-state index in [4.69, 9.17) is 0 Å². The van der Waals surface area contributed by atoms with Crippen molar-refractivity contribution in [2.24, 2.45) is 5.92 Å². The van der Waals surface area contributed by atoms with Crippen LogP contribution in [-0.4, -0.2) is 27.0 Å². The van der Waals surface area contributed by atoms with Gasteiger partial charge in [0.1, 0.15) is 5.78 Å². The first-order valence-electron chi connectivity index (χ1n) is 5.62. The van der Waals surface area contributed by atoms with Gasteiger partial charge in [-0.05, 0) is 20.3 Å². The average Bonchev–Trinajstić information content (AvgIpc) is 2.17. The molecule has 0 spiro atoms. The molecule has 92 valence electrons. The lowest BCUT2D eigenvalue weighted by Gasteiger charge is -2.41. The lowest BCUT2D eigenvalue weighted by Crippen LogP contribution is -2.53. The van der Waals surface area contributed by atoms with E-state index in [-0.39, 0.29) is 17.1 Å². The molecule has 16 heavy (non-hydrogen) atoms. The highest BCUT2D eigenvalue weighted by Crippen LogP contribution is 2.42. The molecular weight excluding hydrogens is 210 g/mol. The highest BCUT2D eigenvalue weighted by Gasteiger charge is 2.53. The van der Waals surface area contributed by atoms with Crippen molar-refractivity contribution in [2.45, 2.75) is 57.6 Å². The Morgan fingerprint density at radius 3 is 2.50 bits per heavy atom. The summed E-state index contributed by atoms with van der Waals surface area (Å²) in [6, 6.07) is 0. The molecule has 1 aliphatic carbocycles. The van der Waals surface area contributed by atoms with Gasteiger partial charge in [-0.15, -0.1) is 0 Å². The van der Waals surface area contributed by atoms with Gasteiger partial charge in [0.15, 0.2) is 0 Å². The zero-order chi connectivity index (χ0) is 12.6. The molecule has 0 aromatic heterocycles. The van der Waals surface area contributed by atoms with Crippen LogP contribution in [0.25, 0.3) is 0 Å². The first kappa shape index (κ1) is 13.1. The summed E-state index contributed by atoms with van der Waals surface area (Å²) in [6.45, 7) is 4.75. The number of nitrogens with zero attached hydrogens (tertiary/aromatic N) is 1. The van der Waals surface area contributed by atoms with Crippen LogP contribution in [0.2, 0.25) is 0 Å². The zero-order valence-corrected chi connectivity index (χ0v) is 10.0. The van der Waals surface area contributed by atoms with E-state index in [2.05, 4.69) is 0 Å². The second kappa shape index (κ2) is 4.13. The highest BCUT2D eigenvalue weighted by molar-refractivity contribution is 5.79. The van der Waals surface area contributed by atoms with Gasteiger partial charge in [-0.25, -0.2) is 0 Å². The summed E-state index contributed by atoms with van der Waals surface area (Å²) in [5.41, 5.74) is -2.13. The number of nitro groups is 1. The van der Waals surface area contributed by atoms with Crippen molar-refractivity contribution in [1.29, 1.82) is 0 Å². The smallest absolute Gasteiger partial charge is 0.222 e. The van der Waals surface area contributed by atoms with Gasteiger partial charge in [0.05, 0.1) is 11.5 Å². The third-order valence-corrected chi connectivity index (χ3v) is 3.97. The number of hydrogen-bond acceptors (Lipinski definition) is 4. The minimum atomic E-state index is -1.10. The van der Waals surface area contributed by atoms with E-state index < -0.39 is 17.1 Å². The molecule has 0 saturated heterocycles. The van der Waals surface area contributed by atoms with Gasteiger partial charge in [-0.3, -0.25) is 14.9 Å². The van der Waals surface area contributed by atoms with Crippen LogP contribution in [0.3, 0.4) is 0 Å². The lowest BCUT2D eigenvalue weighted by molar-refractivity contribution is -0.578. The highest BCUT2D eigenvalue weighted by atomic mass is 16.6. The lowest BCUT2D eigenvalue weighted by atomic mass is 9.66. The van der Waals surface area contributed by atoms with Crippen molar-refractivity contribution in [3.8, 4) is 0 Å². The number of aliphatic hydroxyl groups is 1. The van der Waals surface area contributed by atoms with Gasteiger partial charge in [0.25, 0.3) is 0 Å². The predicted molar refractivity (Wildman–Crippen MR) is 58.7 cm³/mol. The van der Waals surface area contributed by atoms with Crippen LogP contribution in [0.1, 0.15) is 46.5 Å². The minimum Gasteiger partial charge on any atom is -0.389 e. The predicted octanol–water partition coefficient (Wildman–Crippen LogP) is 1.55. The summed E-state index contributed by atoms with van der Waals surface area (Å²) >= 11 is 0. The molecule has 0 aliphatic heterocycles. The van der Waals surface area contributed by atoms with E-state index >= 15 is 0 Å². The third-order valence-electron chi connectivity index (χ3n) is 3.97. The van der Waals surface area contributed by atoms with Gasteiger partial charge < -0.3 is 5.11 Å². The normalized spacial score (nSPS) is 39.4. The SMILES string of the molecule is CCC1([N+](=O)[O-])CCC(C)(O)C(C(C)=O)C1. The molecule has 1 saturated carbocycles. The van der Waals surface area contributed by atoms with Crippen LogP contribution in [-0.2, 0) is 4.79 Å². The van der Waals surface area contributed by atoms with Gasteiger partial charge in [0.2, 0.25) is 5.54 Å². The van der Waals surface area contributed by atoms with Crippen molar-refractivity contribution in [3.63, 3.8) is 0 Å². The number of carbonyl (C=O) groups is 1. The number of ketones is 1. The Morgan fingerprint density at radius 2 is 2.12 bits per heavy atom. The van der Waals surface area contributed by atoms with E-state index in [9.17, 15) is 20.0 Å². The van der Waals surface area contributed by atoms with E-state index in [1.165, 1.54) is 6.92 Å². The monoisotopic (exact) mass is 229 g/mol. The molecule has 5 heteroatoms. The van der Waals surface area contributed by atoms with Crippen LogP contribution in [0.15, 0.2) is 0 Å². The Hall–Kier alpha value is -0.970. The van der Waals surface area contributed by atoms with E-state index in [0.717, 1.165) is 0 Å². The largest absolute Gasteiger partial charge is 0.389 e. The second-order valence-electron chi connectivity index (χ2n) is 5.06. The van der Waals surface area contributed by atoms with Crippen molar-refractivity contribution in [1.82, 2.24) is 0 Å². The van der Waals surface area contributed by atoms with Crippen LogP contribution >= 0.6 is 0 Å². The van der Waals surface area contributed by atoms with Crippen molar-refractivity contribution >= 4 is 5.78 Å². The van der Waals surface area contributed by atoms with Crippen LogP contribution in [0.4, 0.5) is 0 Å². The molecule has 0 heterocycles. The van der Waals surface area contributed by atoms with Crippen molar-refractivity contribution in [2.75, 3.05) is 0 Å². The molecule has 0 aromatic carbocycles. The Balaban J connectivity index is 3.00. The standard InChI is InChI=1S/C11H19NO4/c1-4-11(12(15)16)6-5-10(3,14)9(7-11)8(2)13/h9,14H,4-7H2,1-3H3. The second-order valence-corrected chi connectivity index (χ2v) is 5.06. The summed E-state index contributed by atoms with van der Waals surface area (Å²) in [5, 5.41) is 21.2. The third kappa shape index (κ3) is 2.09. The number of Topliss-reactive ketones (excluding diaryl/α,β-unsaturated/α-hetero) is 1. The molecule has 0 amide bonds. The maximum Gasteiger partial charge on any atom is 0.222 e. The number of hydrogen-bond donors (Lipinski definition) is 1. The zero-order valence-electron chi connectivity index (χ0n) is 10.0. The molecule has 5 nitrogen and oxygen atoms in total. The quantitative estimate of drug-likeness (QED) is 0.588. The summed E-state index contributed by atoms with van der Waals surface area (Å²) in [7, 11) is 0. The fraction of sp³-hybridized carbons (Fsp3) is 0.909. The Bertz CT molecular complexity index is 313. The minimum absolute atomic E-state index is 0.152. The molecule has 0 aromatic rings. The Morgan fingerprint density at radius 1 is 1.56 bits per heavy atom. The van der Waals surface area contributed by atoms with Crippen molar-refractivity contribution < 1.29 is 14.8 Å². The molecular formula is C11H19NO4. The summed E-state index contributed by atoms with van der Waals surface area (Å²) in [4.78, 5) is 22.3. The van der Waals surface area contributed by atoms with Gasteiger partial charge >= 0.3 is 0 Å². The van der Waals surface area contributed by atoms with E-state index in [1.807, 2.05) is 0 Å². The summed E-state index contributed by atoms with van der Waals surface area (Å²) < 4.78 is 0. The van der Waals surface area contributed by atoms with Gasteiger partial charge in [0, 0.05) is 24.2 Å². The average molecular weight is 229 g/mol. The fourth-order valence-corrected chi connectivity index (χ4v) is 2.56. The van der Waals surface area contributed by atoms with Crippen LogP contribution < -0.4 is 0 Å². The molecule has 0 bridgehead atoms.